The maximum atomic E-state index is 13.6. The van der Waals surface area contributed by atoms with Crippen LogP contribution in [-0.4, -0.2) is 25.0 Å². The summed E-state index contributed by atoms with van der Waals surface area (Å²) in [5.41, 5.74) is 0.759. The molecule has 9 heteroatoms. The van der Waals surface area contributed by atoms with Gasteiger partial charge in [0.1, 0.15) is 18.1 Å². The van der Waals surface area contributed by atoms with Gasteiger partial charge in [-0.1, -0.05) is 5.21 Å². The summed E-state index contributed by atoms with van der Waals surface area (Å²) in [5, 5.41) is 7.72. The van der Waals surface area contributed by atoms with Gasteiger partial charge in [0.05, 0.1) is 23.6 Å². The largest absolute Gasteiger partial charge is 0.457 e. The molecule has 0 aliphatic heterocycles. The molecule has 1 aromatic carbocycles. The number of hydrogen-bond donors (Lipinski definition) is 0. The Labute approximate surface area is 141 Å². The molecule has 6 nitrogen and oxygen atoms in total. The van der Waals surface area contributed by atoms with Crippen LogP contribution < -0.4 is 4.74 Å². The number of rotatable bonds is 5. The topological polar surface area (TPSA) is 65.7 Å². The maximum absolute atomic E-state index is 13.6. The molecule has 0 saturated heterocycles. The van der Waals surface area contributed by atoms with Gasteiger partial charge in [-0.05, 0) is 30.7 Å². The molecule has 0 unspecified atom stereocenters. The molecule has 0 N–H and O–H groups in total. The van der Waals surface area contributed by atoms with Crippen LogP contribution in [0.5, 0.6) is 6.01 Å². The van der Waals surface area contributed by atoms with Gasteiger partial charge in [-0.15, -0.1) is 5.10 Å². The Kier molecular flexibility index (Phi) is 4.39. The number of halogens is 3. The minimum atomic E-state index is -3.30. The van der Waals surface area contributed by atoms with E-state index in [0.29, 0.717) is 12.6 Å². The number of aryl methyl sites for hydroxylation is 1. The van der Waals surface area contributed by atoms with Crippen LogP contribution >= 0.6 is 0 Å². The van der Waals surface area contributed by atoms with Crippen molar-refractivity contribution in [3.8, 4) is 11.7 Å². The molecular formula is C16H13F3N5O. The van der Waals surface area contributed by atoms with Crippen LogP contribution in [0, 0.1) is 18.9 Å². The van der Waals surface area contributed by atoms with Crippen molar-refractivity contribution in [3.05, 3.63) is 59.4 Å². The Hall–Kier alpha value is -2.97. The van der Waals surface area contributed by atoms with E-state index in [1.54, 1.807) is 13.1 Å². The number of ether oxygens (including phenoxy) is 1. The second-order valence-corrected chi connectivity index (χ2v) is 5.44. The van der Waals surface area contributed by atoms with Crippen LogP contribution in [0.3, 0.4) is 0 Å². The molecule has 25 heavy (non-hydrogen) atoms. The predicted molar refractivity (Wildman–Crippen MR) is 80.8 cm³/mol. The lowest BCUT2D eigenvalue weighted by molar-refractivity contribution is 0.0137. The summed E-state index contributed by atoms with van der Waals surface area (Å²) in [5.74, 6) is -4.28. The minimum absolute atomic E-state index is 0.0366. The normalized spacial score (nSPS) is 11.6. The molecule has 0 spiro atoms. The first-order valence-corrected chi connectivity index (χ1v) is 7.26. The van der Waals surface area contributed by atoms with Crippen molar-refractivity contribution in [2.75, 3.05) is 0 Å². The summed E-state index contributed by atoms with van der Waals surface area (Å²) in [6.45, 7) is 2.47. The average Bonchev–Trinajstić information content (AvgIpc) is 3.03. The summed E-state index contributed by atoms with van der Waals surface area (Å²) in [7, 11) is 0. The van der Waals surface area contributed by atoms with Crippen LogP contribution in [0.2, 0.25) is 0 Å². The first kappa shape index (κ1) is 16.9. The van der Waals surface area contributed by atoms with Gasteiger partial charge in [-0.25, -0.2) is 22.8 Å². The Morgan fingerprint density at radius 2 is 2.12 bits per heavy atom. The lowest BCUT2D eigenvalue weighted by Gasteiger charge is -2.12. The van der Waals surface area contributed by atoms with E-state index in [4.69, 9.17) is 4.74 Å². The fourth-order valence-electron chi connectivity index (χ4n) is 2.04. The van der Waals surface area contributed by atoms with Gasteiger partial charge >= 0.3 is 6.01 Å². The maximum Gasteiger partial charge on any atom is 0.317 e. The van der Waals surface area contributed by atoms with Gasteiger partial charge < -0.3 is 4.74 Å². The van der Waals surface area contributed by atoms with Gasteiger partial charge in [0.25, 0.3) is 5.92 Å². The van der Waals surface area contributed by atoms with Crippen LogP contribution in [0.15, 0.2) is 30.6 Å². The lowest BCUT2D eigenvalue weighted by Crippen LogP contribution is -2.11. The summed E-state index contributed by atoms with van der Waals surface area (Å²) >= 11 is 0. The second kappa shape index (κ2) is 6.50. The highest BCUT2D eigenvalue weighted by atomic mass is 19.3. The van der Waals surface area contributed by atoms with E-state index in [-0.39, 0.29) is 18.3 Å². The molecule has 0 bridgehead atoms. The standard InChI is InChI=1S/C16H13F3N5O/c1-10-6-20-15(21-7-10)25-9-11-8-24(23-22-11)12-3-4-14(17)13(5-12)16(2,18)19/h3-6,8H,9H2,1-2H3. The highest BCUT2D eigenvalue weighted by Gasteiger charge is 2.28. The first-order chi connectivity index (χ1) is 11.8. The molecule has 0 atom stereocenters. The van der Waals surface area contributed by atoms with E-state index >= 15 is 0 Å². The Morgan fingerprint density at radius 1 is 1.32 bits per heavy atom. The molecule has 3 rings (SSSR count). The van der Waals surface area contributed by atoms with Gasteiger partial charge in [0.2, 0.25) is 0 Å². The third kappa shape index (κ3) is 3.93. The third-order valence-corrected chi connectivity index (χ3v) is 3.27. The minimum Gasteiger partial charge on any atom is -0.457 e. The van der Waals surface area contributed by atoms with Crippen molar-refractivity contribution in [2.24, 2.45) is 0 Å². The van der Waals surface area contributed by atoms with Crippen molar-refractivity contribution in [1.82, 2.24) is 25.0 Å². The molecular weight excluding hydrogens is 335 g/mol. The average molecular weight is 348 g/mol. The van der Waals surface area contributed by atoms with E-state index in [0.717, 1.165) is 17.7 Å². The van der Waals surface area contributed by atoms with Crippen LogP contribution in [0.4, 0.5) is 13.2 Å². The van der Waals surface area contributed by atoms with Crippen LogP contribution in [0.25, 0.3) is 5.69 Å². The molecule has 129 valence electrons. The molecule has 0 saturated carbocycles. The smallest absolute Gasteiger partial charge is 0.317 e. The molecule has 3 aromatic rings. The summed E-state index contributed by atoms with van der Waals surface area (Å²) in [6, 6.07) is 3.47. The summed E-state index contributed by atoms with van der Waals surface area (Å²) in [4.78, 5) is 7.83. The monoisotopic (exact) mass is 348 g/mol. The van der Waals surface area contributed by atoms with Gasteiger partial charge in [0, 0.05) is 13.1 Å². The highest BCUT2D eigenvalue weighted by molar-refractivity contribution is 5.37. The number of hydrogen-bond acceptors (Lipinski definition) is 5. The molecule has 0 aliphatic rings. The molecule has 2 aromatic heterocycles. The van der Waals surface area contributed by atoms with Gasteiger partial charge in [0.15, 0.2) is 0 Å². The SMILES string of the molecule is Cc1[c]nc(OCc2cn(-c3ccc(F)c(C(C)(F)F)c3)nn2)nc1. The van der Waals surface area contributed by atoms with Gasteiger partial charge in [-0.3, -0.25) is 0 Å². The van der Waals surface area contributed by atoms with Crippen molar-refractivity contribution < 1.29 is 17.9 Å². The summed E-state index contributed by atoms with van der Waals surface area (Å²) < 4.78 is 47.0. The number of aromatic nitrogens is 5. The van der Waals surface area contributed by atoms with Crippen LogP contribution in [0.1, 0.15) is 23.7 Å². The van der Waals surface area contributed by atoms with Crippen molar-refractivity contribution in [2.45, 2.75) is 26.4 Å². The first-order valence-electron chi connectivity index (χ1n) is 7.26. The molecule has 2 heterocycles. The van der Waals surface area contributed by atoms with Crippen LogP contribution in [-0.2, 0) is 12.5 Å². The highest BCUT2D eigenvalue weighted by Crippen LogP contribution is 2.30. The van der Waals surface area contributed by atoms with Crippen molar-refractivity contribution in [1.29, 1.82) is 0 Å². The Bertz CT molecular complexity index is 874. The summed E-state index contributed by atoms with van der Waals surface area (Å²) in [6.07, 6.45) is 5.76. The zero-order valence-corrected chi connectivity index (χ0v) is 13.4. The molecule has 0 aliphatic carbocycles. The number of benzene rings is 1. The van der Waals surface area contributed by atoms with Crippen molar-refractivity contribution in [3.63, 3.8) is 0 Å². The van der Waals surface area contributed by atoms with E-state index in [1.165, 1.54) is 16.9 Å². The van der Waals surface area contributed by atoms with E-state index < -0.39 is 17.3 Å². The second-order valence-electron chi connectivity index (χ2n) is 5.44. The number of alkyl halides is 2. The third-order valence-electron chi connectivity index (χ3n) is 3.27. The van der Waals surface area contributed by atoms with Gasteiger partial charge in [-0.2, -0.15) is 4.98 Å². The molecule has 0 amide bonds. The Morgan fingerprint density at radius 3 is 2.80 bits per heavy atom. The quantitative estimate of drug-likeness (QED) is 0.709. The zero-order chi connectivity index (χ0) is 18.0. The fourth-order valence-corrected chi connectivity index (χ4v) is 2.04. The molecule has 1 radical (unpaired) electrons. The predicted octanol–water partition coefficient (Wildman–Crippen LogP) is 3.00. The van der Waals surface area contributed by atoms with E-state index in [1.807, 2.05) is 0 Å². The van der Waals surface area contributed by atoms with Crippen molar-refractivity contribution >= 4 is 0 Å². The van der Waals surface area contributed by atoms with E-state index in [9.17, 15) is 13.2 Å². The Balaban J connectivity index is 1.76. The molecule has 0 fully saturated rings. The lowest BCUT2D eigenvalue weighted by atomic mass is 10.1. The number of nitrogens with zero attached hydrogens (tertiary/aromatic N) is 5. The fraction of sp³-hybridized carbons (Fsp3) is 0.250. The zero-order valence-electron chi connectivity index (χ0n) is 13.4. The van der Waals surface area contributed by atoms with E-state index in [2.05, 4.69) is 26.5 Å².